The molecule has 5 heteroatoms. The van der Waals surface area contributed by atoms with Gasteiger partial charge in [-0.1, -0.05) is 19.9 Å². The fourth-order valence-electron chi connectivity index (χ4n) is 1.75. The highest BCUT2D eigenvalue weighted by molar-refractivity contribution is 5.77. The molecule has 0 bridgehead atoms. The van der Waals surface area contributed by atoms with E-state index in [2.05, 4.69) is 19.2 Å². The van der Waals surface area contributed by atoms with Crippen LogP contribution in [0.3, 0.4) is 0 Å². The average Bonchev–Trinajstić information content (AvgIpc) is 2.44. The molecule has 0 saturated carbocycles. The molecule has 0 aromatic heterocycles. The fourth-order valence-corrected chi connectivity index (χ4v) is 1.75. The average molecular weight is 294 g/mol. The largest absolute Gasteiger partial charge is 0.497 e. The highest BCUT2D eigenvalue weighted by atomic mass is 16.5. The maximum atomic E-state index is 11.9. The Morgan fingerprint density at radius 2 is 1.95 bits per heavy atom. The number of carbonyl (C=O) groups excluding carboxylic acids is 1. The van der Waals surface area contributed by atoms with E-state index < -0.39 is 0 Å². The van der Waals surface area contributed by atoms with Crippen molar-refractivity contribution in [3.8, 4) is 11.5 Å². The maximum absolute atomic E-state index is 11.9. The predicted octanol–water partition coefficient (Wildman–Crippen LogP) is 2.25. The molecule has 5 nitrogen and oxygen atoms in total. The standard InChI is InChI=1S/C16H26N2O3/c1-10(2)12(4)18-16(19)9-21-15-8-13(20-5)6-7-14(15)11(3)17/h6-8,10-12H,9,17H2,1-5H3,(H,18,19)/t11-,12?/m0/s1. The molecule has 3 N–H and O–H groups in total. The van der Waals surface area contributed by atoms with E-state index in [1.165, 1.54) is 0 Å². The van der Waals surface area contributed by atoms with E-state index in [4.69, 9.17) is 15.2 Å². The third-order valence-electron chi connectivity index (χ3n) is 3.46. The van der Waals surface area contributed by atoms with E-state index in [0.717, 1.165) is 5.56 Å². The molecular formula is C16H26N2O3. The first kappa shape index (κ1) is 17.3. The van der Waals surface area contributed by atoms with E-state index in [0.29, 0.717) is 17.4 Å². The van der Waals surface area contributed by atoms with Gasteiger partial charge >= 0.3 is 0 Å². The Morgan fingerprint density at radius 3 is 2.48 bits per heavy atom. The summed E-state index contributed by atoms with van der Waals surface area (Å²) in [6, 6.07) is 5.36. The van der Waals surface area contributed by atoms with Crippen LogP contribution in [0.2, 0.25) is 0 Å². The summed E-state index contributed by atoms with van der Waals surface area (Å²) in [7, 11) is 1.59. The fraction of sp³-hybridized carbons (Fsp3) is 0.562. The number of carbonyl (C=O) groups is 1. The lowest BCUT2D eigenvalue weighted by Gasteiger charge is -2.19. The van der Waals surface area contributed by atoms with Crippen LogP contribution in [-0.4, -0.2) is 25.7 Å². The van der Waals surface area contributed by atoms with Crippen molar-refractivity contribution >= 4 is 5.91 Å². The van der Waals surface area contributed by atoms with Crippen LogP contribution in [0, 0.1) is 5.92 Å². The monoisotopic (exact) mass is 294 g/mol. The first-order valence-electron chi connectivity index (χ1n) is 7.20. The predicted molar refractivity (Wildman–Crippen MR) is 83.5 cm³/mol. The highest BCUT2D eigenvalue weighted by Gasteiger charge is 2.14. The first-order chi connectivity index (χ1) is 9.85. The van der Waals surface area contributed by atoms with Crippen LogP contribution in [0.15, 0.2) is 18.2 Å². The van der Waals surface area contributed by atoms with Crippen molar-refractivity contribution in [2.24, 2.45) is 11.7 Å². The van der Waals surface area contributed by atoms with Gasteiger partial charge in [0.05, 0.1) is 7.11 Å². The van der Waals surface area contributed by atoms with E-state index in [9.17, 15) is 4.79 Å². The number of hydrogen-bond acceptors (Lipinski definition) is 4. The number of rotatable bonds is 7. The SMILES string of the molecule is COc1ccc([C@H](C)N)c(OCC(=O)NC(C)C(C)C)c1. The lowest BCUT2D eigenvalue weighted by atomic mass is 10.1. The summed E-state index contributed by atoms with van der Waals surface area (Å²) in [5.74, 6) is 1.49. The Balaban J connectivity index is 2.71. The number of amides is 1. The van der Waals surface area contributed by atoms with Crippen molar-refractivity contribution in [1.29, 1.82) is 0 Å². The van der Waals surface area contributed by atoms with Crippen molar-refractivity contribution in [3.63, 3.8) is 0 Å². The molecule has 1 aromatic carbocycles. The lowest BCUT2D eigenvalue weighted by molar-refractivity contribution is -0.124. The molecule has 21 heavy (non-hydrogen) atoms. The van der Waals surface area contributed by atoms with Crippen LogP contribution in [0.1, 0.15) is 39.3 Å². The zero-order chi connectivity index (χ0) is 16.0. The Morgan fingerprint density at radius 1 is 1.29 bits per heavy atom. The third kappa shape index (κ3) is 5.27. The first-order valence-corrected chi connectivity index (χ1v) is 7.20. The van der Waals surface area contributed by atoms with Gasteiger partial charge in [0.1, 0.15) is 11.5 Å². The molecule has 0 aliphatic rings. The number of methoxy groups -OCH3 is 1. The van der Waals surface area contributed by atoms with Gasteiger partial charge in [0.2, 0.25) is 0 Å². The summed E-state index contributed by atoms with van der Waals surface area (Å²) < 4.78 is 10.8. The van der Waals surface area contributed by atoms with Gasteiger partial charge in [0.25, 0.3) is 5.91 Å². The topological polar surface area (TPSA) is 73.6 Å². The summed E-state index contributed by atoms with van der Waals surface area (Å²) in [5, 5.41) is 2.90. The minimum Gasteiger partial charge on any atom is -0.497 e. The van der Waals surface area contributed by atoms with Crippen molar-refractivity contribution in [2.75, 3.05) is 13.7 Å². The normalized spacial score (nSPS) is 13.7. The minimum atomic E-state index is -0.177. The zero-order valence-corrected chi connectivity index (χ0v) is 13.5. The Hall–Kier alpha value is -1.75. The number of nitrogens with one attached hydrogen (secondary N) is 1. The van der Waals surface area contributed by atoms with Crippen LogP contribution in [-0.2, 0) is 4.79 Å². The molecule has 0 aliphatic carbocycles. The molecule has 0 spiro atoms. The van der Waals surface area contributed by atoms with Gasteiger partial charge in [0.15, 0.2) is 6.61 Å². The van der Waals surface area contributed by atoms with Gasteiger partial charge in [-0.05, 0) is 25.8 Å². The zero-order valence-electron chi connectivity index (χ0n) is 13.5. The molecule has 1 aromatic rings. The Kier molecular flexibility index (Phi) is 6.49. The molecule has 0 heterocycles. The molecule has 1 rings (SSSR count). The second-order valence-corrected chi connectivity index (χ2v) is 5.58. The smallest absolute Gasteiger partial charge is 0.258 e. The van der Waals surface area contributed by atoms with Gasteiger partial charge in [-0.3, -0.25) is 4.79 Å². The second kappa shape index (κ2) is 7.88. The Bertz CT molecular complexity index is 473. The molecule has 118 valence electrons. The van der Waals surface area contributed by atoms with Gasteiger partial charge < -0.3 is 20.5 Å². The van der Waals surface area contributed by atoms with E-state index in [1.807, 2.05) is 26.0 Å². The molecule has 0 fully saturated rings. The maximum Gasteiger partial charge on any atom is 0.258 e. The second-order valence-electron chi connectivity index (χ2n) is 5.58. The molecule has 1 amide bonds. The van der Waals surface area contributed by atoms with Crippen molar-refractivity contribution < 1.29 is 14.3 Å². The summed E-state index contributed by atoms with van der Waals surface area (Å²) in [5.41, 5.74) is 6.76. The van der Waals surface area contributed by atoms with Crippen LogP contribution >= 0.6 is 0 Å². The van der Waals surface area contributed by atoms with Crippen molar-refractivity contribution in [3.05, 3.63) is 23.8 Å². The molecule has 1 unspecified atom stereocenters. The number of benzene rings is 1. The minimum absolute atomic E-state index is 0.0378. The highest BCUT2D eigenvalue weighted by Crippen LogP contribution is 2.28. The number of hydrogen-bond donors (Lipinski definition) is 2. The van der Waals surface area contributed by atoms with E-state index in [-0.39, 0.29) is 24.6 Å². The quantitative estimate of drug-likeness (QED) is 0.809. The van der Waals surface area contributed by atoms with Gasteiger partial charge in [-0.2, -0.15) is 0 Å². The summed E-state index contributed by atoms with van der Waals surface area (Å²) >= 11 is 0. The molecule has 0 saturated heterocycles. The van der Waals surface area contributed by atoms with E-state index >= 15 is 0 Å². The third-order valence-corrected chi connectivity index (χ3v) is 3.46. The van der Waals surface area contributed by atoms with Gasteiger partial charge in [-0.15, -0.1) is 0 Å². The number of nitrogens with two attached hydrogens (primary N) is 1. The van der Waals surface area contributed by atoms with Crippen molar-refractivity contribution in [2.45, 2.75) is 39.8 Å². The van der Waals surface area contributed by atoms with Gasteiger partial charge in [-0.25, -0.2) is 0 Å². The summed E-state index contributed by atoms with van der Waals surface area (Å²) in [4.78, 5) is 11.9. The number of ether oxygens (including phenoxy) is 2. The molecular weight excluding hydrogens is 268 g/mol. The van der Waals surface area contributed by atoms with Crippen molar-refractivity contribution in [1.82, 2.24) is 5.32 Å². The van der Waals surface area contributed by atoms with Crippen LogP contribution in [0.4, 0.5) is 0 Å². The molecule has 0 radical (unpaired) electrons. The molecule has 2 atom stereocenters. The Labute approximate surface area is 126 Å². The molecule has 0 aliphatic heterocycles. The lowest BCUT2D eigenvalue weighted by Crippen LogP contribution is -2.39. The van der Waals surface area contributed by atoms with Gasteiger partial charge in [0, 0.05) is 23.7 Å². The van der Waals surface area contributed by atoms with Crippen LogP contribution in [0.25, 0.3) is 0 Å². The van der Waals surface area contributed by atoms with Crippen LogP contribution < -0.4 is 20.5 Å². The summed E-state index contributed by atoms with van der Waals surface area (Å²) in [6.07, 6.45) is 0. The van der Waals surface area contributed by atoms with Crippen LogP contribution in [0.5, 0.6) is 11.5 Å². The summed E-state index contributed by atoms with van der Waals surface area (Å²) in [6.45, 7) is 7.92. The van der Waals surface area contributed by atoms with E-state index in [1.54, 1.807) is 13.2 Å².